The standard InChI is InChI=1S/C16H17BrN2O4S/c1-3-23-15-10-12(9-14(17)16(15)22-2)11-18-19-24(20,21)13-7-5-4-6-8-13/h4-11,19H,3H2,1-2H3/b18-11+. The number of nitrogens with one attached hydrogen (secondary N) is 1. The van der Waals surface area contributed by atoms with Crippen LogP contribution in [0.3, 0.4) is 0 Å². The van der Waals surface area contributed by atoms with E-state index in [-0.39, 0.29) is 4.90 Å². The van der Waals surface area contributed by atoms with Crippen LogP contribution in [-0.2, 0) is 10.0 Å². The Bertz CT molecular complexity index is 823. The number of sulfonamides is 1. The number of halogens is 1. The average molecular weight is 413 g/mol. The third kappa shape index (κ3) is 4.48. The highest BCUT2D eigenvalue weighted by atomic mass is 79.9. The van der Waals surface area contributed by atoms with Gasteiger partial charge in [-0.2, -0.15) is 13.5 Å². The molecule has 2 aromatic rings. The van der Waals surface area contributed by atoms with Gasteiger partial charge in [0.15, 0.2) is 11.5 Å². The van der Waals surface area contributed by atoms with Gasteiger partial charge in [0.25, 0.3) is 10.0 Å². The quantitative estimate of drug-likeness (QED) is 0.559. The van der Waals surface area contributed by atoms with Crippen molar-refractivity contribution >= 4 is 32.2 Å². The Morgan fingerprint density at radius 2 is 1.96 bits per heavy atom. The summed E-state index contributed by atoms with van der Waals surface area (Å²) >= 11 is 3.39. The Hall–Kier alpha value is -2.06. The molecule has 0 atom stereocenters. The van der Waals surface area contributed by atoms with Crippen LogP contribution in [0.5, 0.6) is 11.5 Å². The Kier molecular flexibility index (Phi) is 6.22. The van der Waals surface area contributed by atoms with Gasteiger partial charge in [0.1, 0.15) is 0 Å². The molecule has 2 aromatic carbocycles. The van der Waals surface area contributed by atoms with E-state index in [1.165, 1.54) is 18.3 Å². The topological polar surface area (TPSA) is 77.0 Å². The van der Waals surface area contributed by atoms with Gasteiger partial charge in [0.2, 0.25) is 0 Å². The molecule has 0 spiro atoms. The van der Waals surface area contributed by atoms with Crippen LogP contribution in [0.2, 0.25) is 0 Å². The monoisotopic (exact) mass is 412 g/mol. The molecule has 0 aliphatic rings. The Labute approximate surface area is 149 Å². The van der Waals surface area contributed by atoms with Crippen LogP contribution in [-0.4, -0.2) is 28.3 Å². The molecule has 24 heavy (non-hydrogen) atoms. The second kappa shape index (κ2) is 8.16. The molecule has 1 N–H and O–H groups in total. The molecule has 0 aliphatic carbocycles. The van der Waals surface area contributed by atoms with Crippen molar-refractivity contribution in [3.05, 3.63) is 52.5 Å². The molecule has 128 valence electrons. The summed E-state index contributed by atoms with van der Waals surface area (Å²) in [5, 5.41) is 3.81. The fraction of sp³-hybridized carbons (Fsp3) is 0.188. The highest BCUT2D eigenvalue weighted by Crippen LogP contribution is 2.36. The van der Waals surface area contributed by atoms with Gasteiger partial charge in [-0.1, -0.05) is 18.2 Å². The van der Waals surface area contributed by atoms with E-state index in [0.29, 0.717) is 28.1 Å². The number of hydrogen-bond donors (Lipinski definition) is 1. The van der Waals surface area contributed by atoms with Crippen LogP contribution in [0, 0.1) is 0 Å². The summed E-state index contributed by atoms with van der Waals surface area (Å²) in [5.74, 6) is 1.11. The molecule has 0 aromatic heterocycles. The summed E-state index contributed by atoms with van der Waals surface area (Å²) in [6.07, 6.45) is 1.40. The van der Waals surface area contributed by atoms with Crippen molar-refractivity contribution < 1.29 is 17.9 Å². The lowest BCUT2D eigenvalue weighted by atomic mass is 10.2. The average Bonchev–Trinajstić information content (AvgIpc) is 2.56. The zero-order valence-corrected chi connectivity index (χ0v) is 15.6. The van der Waals surface area contributed by atoms with E-state index in [2.05, 4.69) is 25.9 Å². The molecule has 0 fully saturated rings. The van der Waals surface area contributed by atoms with Crippen LogP contribution < -0.4 is 14.3 Å². The molecule has 6 nitrogen and oxygen atoms in total. The summed E-state index contributed by atoms with van der Waals surface area (Å²) in [6, 6.07) is 11.5. The molecule has 0 saturated heterocycles. The smallest absolute Gasteiger partial charge is 0.276 e. The molecule has 0 saturated carbocycles. The van der Waals surface area contributed by atoms with Gasteiger partial charge >= 0.3 is 0 Å². The fourth-order valence-electron chi connectivity index (χ4n) is 1.95. The minimum absolute atomic E-state index is 0.146. The number of nitrogens with zero attached hydrogens (tertiary/aromatic N) is 1. The first kappa shape index (κ1) is 18.3. The molecule has 0 heterocycles. The fourth-order valence-corrected chi connectivity index (χ4v) is 3.38. The minimum Gasteiger partial charge on any atom is -0.492 e. The second-order valence-electron chi connectivity index (χ2n) is 4.63. The largest absolute Gasteiger partial charge is 0.492 e. The zero-order chi connectivity index (χ0) is 17.6. The SMILES string of the molecule is CCOc1cc(/C=N/NS(=O)(=O)c2ccccc2)cc(Br)c1OC. The first-order valence-electron chi connectivity index (χ1n) is 7.08. The van der Waals surface area contributed by atoms with E-state index in [9.17, 15) is 8.42 Å². The summed E-state index contributed by atoms with van der Waals surface area (Å²) in [6.45, 7) is 2.34. The van der Waals surface area contributed by atoms with E-state index in [4.69, 9.17) is 9.47 Å². The van der Waals surface area contributed by atoms with Gasteiger partial charge in [-0.25, -0.2) is 4.83 Å². The lowest BCUT2D eigenvalue weighted by Gasteiger charge is -2.11. The molecule has 0 amide bonds. The number of methoxy groups -OCH3 is 1. The highest BCUT2D eigenvalue weighted by Gasteiger charge is 2.12. The number of hydrogen-bond acceptors (Lipinski definition) is 5. The Balaban J connectivity index is 2.20. The predicted octanol–water partition coefficient (Wildman–Crippen LogP) is 3.17. The first-order chi connectivity index (χ1) is 11.5. The molecule has 0 unspecified atom stereocenters. The summed E-state index contributed by atoms with van der Waals surface area (Å²) in [5.41, 5.74) is 0.655. The van der Waals surface area contributed by atoms with Crippen LogP contribution >= 0.6 is 15.9 Å². The highest BCUT2D eigenvalue weighted by molar-refractivity contribution is 9.10. The zero-order valence-electron chi connectivity index (χ0n) is 13.2. The third-order valence-corrected chi connectivity index (χ3v) is 4.80. The molecule has 0 radical (unpaired) electrons. The maximum absolute atomic E-state index is 12.1. The second-order valence-corrected chi connectivity index (χ2v) is 7.15. The van der Waals surface area contributed by atoms with Gasteiger partial charge in [0.05, 0.1) is 29.3 Å². The van der Waals surface area contributed by atoms with Crippen LogP contribution in [0.15, 0.2) is 56.9 Å². The van der Waals surface area contributed by atoms with Crippen molar-refractivity contribution in [2.24, 2.45) is 5.10 Å². The van der Waals surface area contributed by atoms with Crippen molar-refractivity contribution in [3.63, 3.8) is 0 Å². The van der Waals surface area contributed by atoms with Crippen molar-refractivity contribution in [1.82, 2.24) is 4.83 Å². The number of rotatable bonds is 7. The summed E-state index contributed by atoms with van der Waals surface area (Å²) in [7, 11) is -2.14. The van der Waals surface area contributed by atoms with E-state index in [1.807, 2.05) is 6.92 Å². The first-order valence-corrected chi connectivity index (χ1v) is 9.35. The molecule has 2 rings (SSSR count). The minimum atomic E-state index is -3.69. The summed E-state index contributed by atoms with van der Waals surface area (Å²) < 4.78 is 35.6. The normalized spacial score (nSPS) is 11.5. The maximum atomic E-state index is 12.1. The Morgan fingerprint density at radius 3 is 2.58 bits per heavy atom. The molecule has 8 heteroatoms. The number of benzene rings is 2. The lowest BCUT2D eigenvalue weighted by molar-refractivity contribution is 0.310. The lowest BCUT2D eigenvalue weighted by Crippen LogP contribution is -2.18. The molecule has 0 bridgehead atoms. The van der Waals surface area contributed by atoms with Crippen molar-refractivity contribution in [1.29, 1.82) is 0 Å². The summed E-state index contributed by atoms with van der Waals surface area (Å²) in [4.78, 5) is 2.32. The van der Waals surface area contributed by atoms with Crippen LogP contribution in [0.4, 0.5) is 0 Å². The van der Waals surface area contributed by atoms with E-state index >= 15 is 0 Å². The number of ether oxygens (including phenoxy) is 2. The van der Waals surface area contributed by atoms with Crippen molar-refractivity contribution in [2.75, 3.05) is 13.7 Å². The van der Waals surface area contributed by atoms with Crippen LogP contribution in [0.25, 0.3) is 0 Å². The molecular weight excluding hydrogens is 396 g/mol. The van der Waals surface area contributed by atoms with E-state index < -0.39 is 10.0 Å². The van der Waals surface area contributed by atoms with E-state index in [1.54, 1.807) is 37.4 Å². The molecule has 0 aliphatic heterocycles. The maximum Gasteiger partial charge on any atom is 0.276 e. The van der Waals surface area contributed by atoms with Gasteiger partial charge in [0, 0.05) is 0 Å². The van der Waals surface area contributed by atoms with Gasteiger partial charge in [-0.05, 0) is 52.7 Å². The third-order valence-electron chi connectivity index (χ3n) is 2.98. The van der Waals surface area contributed by atoms with Gasteiger partial charge in [-0.15, -0.1) is 0 Å². The van der Waals surface area contributed by atoms with Crippen molar-refractivity contribution in [2.45, 2.75) is 11.8 Å². The Morgan fingerprint density at radius 1 is 1.25 bits per heavy atom. The van der Waals surface area contributed by atoms with Crippen molar-refractivity contribution in [3.8, 4) is 11.5 Å². The van der Waals surface area contributed by atoms with E-state index in [0.717, 1.165) is 0 Å². The predicted molar refractivity (Wildman–Crippen MR) is 96.2 cm³/mol. The van der Waals surface area contributed by atoms with Gasteiger partial charge in [-0.3, -0.25) is 0 Å². The van der Waals surface area contributed by atoms with Gasteiger partial charge < -0.3 is 9.47 Å². The van der Waals surface area contributed by atoms with Crippen LogP contribution in [0.1, 0.15) is 12.5 Å². The molecular formula is C16H17BrN2O4S. The number of hydrazone groups is 1.